The molecule has 108 valence electrons. The van der Waals surface area contributed by atoms with Gasteiger partial charge in [-0.2, -0.15) is 5.10 Å². The Hall–Kier alpha value is -3.30. The first-order chi connectivity index (χ1) is 9.97. The van der Waals surface area contributed by atoms with E-state index in [4.69, 9.17) is 5.11 Å². The standard InChI is InChI=1S/C11H9N5O5/c17-10(6-15-5-7(3-13-15)16(20)21)14-9-4-12-2-1-8(9)11(18)19/h1-5H,6H2,(H,14,17)(H,18,19). The first-order valence-electron chi connectivity index (χ1n) is 5.61. The molecule has 2 aromatic rings. The third-order valence-electron chi connectivity index (χ3n) is 2.46. The highest BCUT2D eigenvalue weighted by Crippen LogP contribution is 2.13. The summed E-state index contributed by atoms with van der Waals surface area (Å²) < 4.78 is 1.07. The van der Waals surface area contributed by atoms with Crippen LogP contribution >= 0.6 is 0 Å². The molecule has 21 heavy (non-hydrogen) atoms. The average Bonchev–Trinajstić information content (AvgIpc) is 2.87. The van der Waals surface area contributed by atoms with Crippen LogP contribution in [0.4, 0.5) is 11.4 Å². The van der Waals surface area contributed by atoms with Gasteiger partial charge in [0.25, 0.3) is 0 Å². The maximum Gasteiger partial charge on any atom is 0.337 e. The fraction of sp³-hybridized carbons (Fsp3) is 0.0909. The molecule has 0 saturated heterocycles. The van der Waals surface area contributed by atoms with Gasteiger partial charge < -0.3 is 10.4 Å². The van der Waals surface area contributed by atoms with Crippen LogP contribution in [-0.4, -0.2) is 36.7 Å². The van der Waals surface area contributed by atoms with Crippen molar-refractivity contribution in [3.05, 3.63) is 46.5 Å². The van der Waals surface area contributed by atoms with Gasteiger partial charge in [0.2, 0.25) is 5.91 Å². The molecule has 0 aliphatic rings. The number of amides is 1. The number of carbonyl (C=O) groups is 2. The van der Waals surface area contributed by atoms with E-state index in [0.29, 0.717) is 0 Å². The number of hydrogen-bond acceptors (Lipinski definition) is 6. The van der Waals surface area contributed by atoms with Crippen LogP contribution in [0.2, 0.25) is 0 Å². The van der Waals surface area contributed by atoms with E-state index in [0.717, 1.165) is 17.1 Å². The van der Waals surface area contributed by atoms with Crippen LogP contribution in [0.15, 0.2) is 30.9 Å². The van der Waals surface area contributed by atoms with Crippen molar-refractivity contribution in [2.75, 3.05) is 5.32 Å². The molecule has 0 aromatic carbocycles. The Morgan fingerprint density at radius 3 is 2.81 bits per heavy atom. The number of nitrogens with one attached hydrogen (secondary N) is 1. The molecule has 0 radical (unpaired) electrons. The molecule has 10 nitrogen and oxygen atoms in total. The quantitative estimate of drug-likeness (QED) is 0.604. The third-order valence-corrected chi connectivity index (χ3v) is 2.46. The van der Waals surface area contributed by atoms with E-state index >= 15 is 0 Å². The molecular weight excluding hydrogens is 282 g/mol. The molecule has 0 atom stereocenters. The summed E-state index contributed by atoms with van der Waals surface area (Å²) in [6, 6.07) is 1.25. The lowest BCUT2D eigenvalue weighted by Crippen LogP contribution is -2.20. The number of aromatic nitrogens is 3. The van der Waals surface area contributed by atoms with E-state index in [-0.39, 0.29) is 23.5 Å². The number of nitro groups is 1. The molecule has 2 aromatic heterocycles. The highest BCUT2D eigenvalue weighted by atomic mass is 16.6. The van der Waals surface area contributed by atoms with E-state index in [1.54, 1.807) is 0 Å². The zero-order valence-electron chi connectivity index (χ0n) is 10.5. The summed E-state index contributed by atoms with van der Waals surface area (Å²) in [5.41, 5.74) is -0.308. The van der Waals surface area contributed by atoms with Crippen molar-refractivity contribution in [1.29, 1.82) is 0 Å². The van der Waals surface area contributed by atoms with E-state index in [1.807, 2.05) is 0 Å². The summed E-state index contributed by atoms with van der Waals surface area (Å²) in [7, 11) is 0. The molecule has 2 rings (SSSR count). The summed E-state index contributed by atoms with van der Waals surface area (Å²) >= 11 is 0. The highest BCUT2D eigenvalue weighted by molar-refractivity contribution is 6.00. The van der Waals surface area contributed by atoms with Gasteiger partial charge in [0.1, 0.15) is 18.9 Å². The number of carboxylic acids is 1. The van der Waals surface area contributed by atoms with Gasteiger partial charge in [0.15, 0.2) is 0 Å². The lowest BCUT2D eigenvalue weighted by molar-refractivity contribution is -0.385. The van der Waals surface area contributed by atoms with Gasteiger partial charge in [-0.3, -0.25) is 24.6 Å². The van der Waals surface area contributed by atoms with Gasteiger partial charge in [-0.05, 0) is 6.07 Å². The molecule has 0 aliphatic heterocycles. The molecule has 2 heterocycles. The van der Waals surface area contributed by atoms with Gasteiger partial charge in [-0.1, -0.05) is 0 Å². The van der Waals surface area contributed by atoms with Crippen LogP contribution in [0.3, 0.4) is 0 Å². The second kappa shape index (κ2) is 5.77. The Balaban J connectivity index is 2.08. The fourth-order valence-electron chi connectivity index (χ4n) is 1.55. The first kappa shape index (κ1) is 14.1. The number of carboxylic acid groups (broad SMARTS) is 1. The van der Waals surface area contributed by atoms with Crippen molar-refractivity contribution in [3.63, 3.8) is 0 Å². The monoisotopic (exact) mass is 291 g/mol. The third kappa shape index (κ3) is 3.37. The average molecular weight is 291 g/mol. The Bertz CT molecular complexity index is 711. The van der Waals surface area contributed by atoms with E-state index in [9.17, 15) is 19.7 Å². The minimum atomic E-state index is -1.21. The van der Waals surface area contributed by atoms with Gasteiger partial charge in [0.05, 0.1) is 22.4 Å². The maximum atomic E-state index is 11.8. The normalized spacial score (nSPS) is 10.1. The second-order valence-corrected chi connectivity index (χ2v) is 3.93. The van der Waals surface area contributed by atoms with Crippen LogP contribution in [0, 0.1) is 10.1 Å². The Labute approximate surface area is 117 Å². The van der Waals surface area contributed by atoms with Gasteiger partial charge >= 0.3 is 11.7 Å². The lowest BCUT2D eigenvalue weighted by atomic mass is 10.2. The number of anilines is 1. The molecular formula is C11H9N5O5. The smallest absolute Gasteiger partial charge is 0.337 e. The fourth-order valence-corrected chi connectivity index (χ4v) is 1.55. The van der Waals surface area contributed by atoms with Crippen molar-refractivity contribution in [2.45, 2.75) is 6.54 Å². The summed E-state index contributed by atoms with van der Waals surface area (Å²) in [4.78, 5) is 36.3. The summed E-state index contributed by atoms with van der Waals surface area (Å²) in [5.74, 6) is -1.79. The van der Waals surface area contributed by atoms with Crippen molar-refractivity contribution >= 4 is 23.3 Å². The molecule has 0 spiro atoms. The van der Waals surface area contributed by atoms with Crippen LogP contribution < -0.4 is 5.32 Å². The van der Waals surface area contributed by atoms with Crippen molar-refractivity contribution < 1.29 is 19.6 Å². The minimum absolute atomic E-state index is 0.0386. The number of carbonyl (C=O) groups excluding carboxylic acids is 1. The first-order valence-corrected chi connectivity index (χ1v) is 5.61. The summed E-state index contributed by atoms with van der Waals surface area (Å²) in [6.07, 6.45) is 4.60. The molecule has 0 saturated carbocycles. The maximum absolute atomic E-state index is 11.8. The number of pyridine rings is 1. The summed E-state index contributed by atoms with van der Waals surface area (Å²) in [6.45, 7) is -0.290. The van der Waals surface area contributed by atoms with E-state index < -0.39 is 16.8 Å². The second-order valence-electron chi connectivity index (χ2n) is 3.93. The molecule has 10 heteroatoms. The Morgan fingerprint density at radius 1 is 1.43 bits per heavy atom. The number of nitrogens with zero attached hydrogens (tertiary/aromatic N) is 4. The Morgan fingerprint density at radius 2 is 2.19 bits per heavy atom. The van der Waals surface area contributed by atoms with Gasteiger partial charge in [-0.15, -0.1) is 0 Å². The van der Waals surface area contributed by atoms with Crippen LogP contribution in [0.5, 0.6) is 0 Å². The lowest BCUT2D eigenvalue weighted by Gasteiger charge is -2.07. The van der Waals surface area contributed by atoms with Gasteiger partial charge in [0, 0.05) is 6.20 Å². The summed E-state index contributed by atoms with van der Waals surface area (Å²) in [5, 5.41) is 25.5. The minimum Gasteiger partial charge on any atom is -0.478 e. The SMILES string of the molecule is O=C(Cn1cc([N+](=O)[O-])cn1)Nc1cnccc1C(=O)O. The number of hydrogen-bond donors (Lipinski definition) is 2. The van der Waals surface area contributed by atoms with E-state index in [1.165, 1.54) is 18.5 Å². The van der Waals surface area contributed by atoms with Crippen molar-refractivity contribution in [2.24, 2.45) is 0 Å². The van der Waals surface area contributed by atoms with E-state index in [2.05, 4.69) is 15.4 Å². The number of rotatable bonds is 5. The molecule has 2 N–H and O–H groups in total. The van der Waals surface area contributed by atoms with Gasteiger partial charge in [-0.25, -0.2) is 4.79 Å². The largest absolute Gasteiger partial charge is 0.478 e. The molecule has 0 bridgehead atoms. The molecule has 0 fully saturated rings. The molecule has 0 aliphatic carbocycles. The van der Waals surface area contributed by atoms with Crippen LogP contribution in [0.1, 0.15) is 10.4 Å². The number of aromatic carboxylic acids is 1. The van der Waals surface area contributed by atoms with Crippen molar-refractivity contribution in [1.82, 2.24) is 14.8 Å². The predicted octanol–water partition coefficient (Wildman–Crippen LogP) is 0.523. The van der Waals surface area contributed by atoms with Crippen molar-refractivity contribution in [3.8, 4) is 0 Å². The zero-order chi connectivity index (χ0) is 15.4. The molecule has 1 amide bonds. The Kier molecular flexibility index (Phi) is 3.88. The van der Waals surface area contributed by atoms with Crippen LogP contribution in [0.25, 0.3) is 0 Å². The topological polar surface area (TPSA) is 140 Å². The highest BCUT2D eigenvalue weighted by Gasteiger charge is 2.14. The molecule has 0 unspecified atom stereocenters. The van der Waals surface area contributed by atoms with Crippen LogP contribution in [-0.2, 0) is 11.3 Å². The zero-order valence-corrected chi connectivity index (χ0v) is 10.5. The predicted molar refractivity (Wildman–Crippen MR) is 68.7 cm³/mol.